The maximum absolute atomic E-state index is 13.0. The molecule has 1 aliphatic rings. The summed E-state index contributed by atoms with van der Waals surface area (Å²) >= 11 is 0. The molecule has 3 aromatic rings. The Balaban J connectivity index is 1.42. The van der Waals surface area contributed by atoms with Crippen molar-refractivity contribution in [2.45, 2.75) is 19.3 Å². The van der Waals surface area contributed by atoms with Crippen molar-refractivity contribution in [3.63, 3.8) is 0 Å². The second-order valence-corrected chi connectivity index (χ2v) is 6.82. The predicted octanol–water partition coefficient (Wildman–Crippen LogP) is 3.13. The van der Waals surface area contributed by atoms with Crippen LogP contribution in [0.15, 0.2) is 59.4 Å². The number of nitrogens with zero attached hydrogens (tertiary/aromatic N) is 4. The van der Waals surface area contributed by atoms with Gasteiger partial charge < -0.3 is 14.2 Å². The number of pyridine rings is 1. The summed E-state index contributed by atoms with van der Waals surface area (Å²) in [6.07, 6.45) is 5.05. The van der Waals surface area contributed by atoms with Gasteiger partial charge in [0.25, 0.3) is 0 Å². The number of hydrogen-bond donors (Lipinski definition) is 0. The van der Waals surface area contributed by atoms with E-state index in [4.69, 9.17) is 9.26 Å². The van der Waals surface area contributed by atoms with E-state index in [1.54, 1.807) is 12.4 Å². The molecule has 1 saturated heterocycles. The van der Waals surface area contributed by atoms with Gasteiger partial charge >= 0.3 is 0 Å². The second-order valence-electron chi connectivity index (χ2n) is 6.82. The van der Waals surface area contributed by atoms with Crippen LogP contribution >= 0.6 is 0 Å². The lowest BCUT2D eigenvalue weighted by Crippen LogP contribution is -2.35. The molecule has 1 atom stereocenters. The molecule has 0 aliphatic carbocycles. The molecule has 1 aliphatic heterocycles. The van der Waals surface area contributed by atoms with Gasteiger partial charge in [0.05, 0.1) is 6.61 Å². The Labute approximate surface area is 163 Å². The number of aryl methyl sites for hydroxylation is 1. The van der Waals surface area contributed by atoms with E-state index in [0.717, 1.165) is 24.3 Å². The van der Waals surface area contributed by atoms with Crippen LogP contribution in [0, 0.1) is 5.92 Å². The second kappa shape index (κ2) is 8.75. The summed E-state index contributed by atoms with van der Waals surface area (Å²) in [4.78, 5) is 23.2. The maximum atomic E-state index is 13.0. The van der Waals surface area contributed by atoms with E-state index < -0.39 is 0 Å². The Morgan fingerprint density at radius 2 is 1.96 bits per heavy atom. The first kappa shape index (κ1) is 18.3. The highest BCUT2D eigenvalue weighted by Gasteiger charge is 2.24. The van der Waals surface area contributed by atoms with Gasteiger partial charge in [-0.05, 0) is 30.7 Å². The van der Waals surface area contributed by atoms with Crippen LogP contribution in [0.5, 0.6) is 0 Å². The number of ether oxygens (including phenoxy) is 1. The van der Waals surface area contributed by atoms with Crippen molar-refractivity contribution in [3.05, 3.63) is 60.7 Å². The topological polar surface area (TPSA) is 81.3 Å². The van der Waals surface area contributed by atoms with Crippen molar-refractivity contribution >= 4 is 11.6 Å². The molecule has 1 aromatic carbocycles. The zero-order chi connectivity index (χ0) is 19.2. The van der Waals surface area contributed by atoms with Crippen LogP contribution in [-0.2, 0) is 16.0 Å². The van der Waals surface area contributed by atoms with Gasteiger partial charge in [-0.25, -0.2) is 0 Å². The Morgan fingerprint density at radius 1 is 1.14 bits per heavy atom. The lowest BCUT2D eigenvalue weighted by Gasteiger charge is -2.25. The fraction of sp³-hybridized carbons (Fsp3) is 0.333. The lowest BCUT2D eigenvalue weighted by atomic mass is 10.1. The van der Waals surface area contributed by atoms with Gasteiger partial charge in [-0.3, -0.25) is 9.78 Å². The molecular formula is C21H22N4O3. The van der Waals surface area contributed by atoms with Crippen molar-refractivity contribution in [3.8, 4) is 11.4 Å². The average molecular weight is 378 g/mol. The van der Waals surface area contributed by atoms with Crippen LogP contribution < -0.4 is 4.90 Å². The van der Waals surface area contributed by atoms with Crippen LogP contribution in [0.4, 0.5) is 5.69 Å². The van der Waals surface area contributed by atoms with Crippen molar-refractivity contribution in [1.82, 2.24) is 15.1 Å². The summed E-state index contributed by atoms with van der Waals surface area (Å²) in [5, 5.41) is 4.00. The van der Waals surface area contributed by atoms with Gasteiger partial charge in [0.1, 0.15) is 0 Å². The molecule has 0 spiro atoms. The minimum atomic E-state index is 0.0433. The molecule has 144 valence electrons. The maximum Gasteiger partial charge on any atom is 0.227 e. The molecule has 2 aromatic heterocycles. The molecule has 3 heterocycles. The quantitative estimate of drug-likeness (QED) is 0.628. The Morgan fingerprint density at radius 3 is 2.71 bits per heavy atom. The lowest BCUT2D eigenvalue weighted by molar-refractivity contribution is -0.118. The molecular weight excluding hydrogens is 356 g/mol. The molecule has 0 N–H and O–H groups in total. The molecule has 1 fully saturated rings. The first-order valence-corrected chi connectivity index (χ1v) is 9.46. The summed E-state index contributed by atoms with van der Waals surface area (Å²) in [5.41, 5.74) is 1.74. The number of carbonyl (C=O) groups is 1. The van der Waals surface area contributed by atoms with Crippen molar-refractivity contribution in [2.75, 3.05) is 24.7 Å². The zero-order valence-electron chi connectivity index (χ0n) is 15.5. The van der Waals surface area contributed by atoms with Crippen molar-refractivity contribution < 1.29 is 14.1 Å². The van der Waals surface area contributed by atoms with E-state index in [1.807, 2.05) is 47.4 Å². The van der Waals surface area contributed by atoms with Crippen LogP contribution in [-0.4, -0.2) is 40.8 Å². The third kappa shape index (κ3) is 4.43. The van der Waals surface area contributed by atoms with Gasteiger partial charge in [0.15, 0.2) is 0 Å². The van der Waals surface area contributed by atoms with Gasteiger partial charge in [-0.15, -0.1) is 0 Å². The summed E-state index contributed by atoms with van der Waals surface area (Å²) in [6, 6.07) is 13.4. The van der Waals surface area contributed by atoms with Crippen molar-refractivity contribution in [2.24, 2.45) is 5.92 Å². The van der Waals surface area contributed by atoms with Gasteiger partial charge in [-0.1, -0.05) is 23.4 Å². The van der Waals surface area contributed by atoms with Gasteiger partial charge in [-0.2, -0.15) is 4.98 Å². The first-order chi connectivity index (χ1) is 13.8. The summed E-state index contributed by atoms with van der Waals surface area (Å²) < 4.78 is 10.8. The molecule has 1 amide bonds. The molecule has 28 heavy (non-hydrogen) atoms. The molecule has 0 saturated carbocycles. The smallest absolute Gasteiger partial charge is 0.227 e. The van der Waals surface area contributed by atoms with Crippen LogP contribution in [0.1, 0.15) is 18.7 Å². The summed E-state index contributed by atoms with van der Waals surface area (Å²) in [7, 11) is 0. The van der Waals surface area contributed by atoms with E-state index in [1.165, 1.54) is 0 Å². The molecule has 1 unspecified atom stereocenters. The van der Waals surface area contributed by atoms with Gasteiger partial charge in [0, 0.05) is 55.6 Å². The molecule has 0 radical (unpaired) electrons. The Kier molecular flexibility index (Phi) is 5.72. The standard InChI is InChI=1S/C21H22N4O3/c26-20(7-6-19-23-21(24-28-19)17-8-11-22-12-9-17)25(14-16-10-13-27-15-16)18-4-2-1-3-5-18/h1-5,8-9,11-12,16H,6-7,10,13-15H2. The third-order valence-electron chi connectivity index (χ3n) is 4.79. The molecule has 7 nitrogen and oxygen atoms in total. The van der Waals surface area contributed by atoms with E-state index in [-0.39, 0.29) is 5.91 Å². The highest BCUT2D eigenvalue weighted by atomic mass is 16.5. The van der Waals surface area contributed by atoms with E-state index in [2.05, 4.69) is 15.1 Å². The van der Waals surface area contributed by atoms with E-state index in [0.29, 0.717) is 43.6 Å². The number of para-hydroxylation sites is 1. The zero-order valence-corrected chi connectivity index (χ0v) is 15.5. The minimum absolute atomic E-state index is 0.0433. The Hall–Kier alpha value is -3.06. The van der Waals surface area contributed by atoms with E-state index >= 15 is 0 Å². The monoisotopic (exact) mass is 378 g/mol. The minimum Gasteiger partial charge on any atom is -0.381 e. The number of hydrogen-bond acceptors (Lipinski definition) is 6. The molecule has 0 bridgehead atoms. The highest BCUT2D eigenvalue weighted by molar-refractivity contribution is 5.93. The normalized spacial score (nSPS) is 16.2. The third-order valence-corrected chi connectivity index (χ3v) is 4.79. The highest BCUT2D eigenvalue weighted by Crippen LogP contribution is 2.21. The van der Waals surface area contributed by atoms with Crippen molar-refractivity contribution in [1.29, 1.82) is 0 Å². The van der Waals surface area contributed by atoms with Crippen LogP contribution in [0.25, 0.3) is 11.4 Å². The van der Waals surface area contributed by atoms with Gasteiger partial charge in [0.2, 0.25) is 17.6 Å². The first-order valence-electron chi connectivity index (χ1n) is 9.46. The SMILES string of the molecule is O=C(CCc1nc(-c2ccncc2)no1)N(CC1CCOC1)c1ccccc1. The molecule has 4 rings (SSSR count). The van der Waals surface area contributed by atoms with Crippen LogP contribution in [0.2, 0.25) is 0 Å². The van der Waals surface area contributed by atoms with E-state index in [9.17, 15) is 4.79 Å². The number of anilines is 1. The summed E-state index contributed by atoms with van der Waals surface area (Å²) in [5.74, 6) is 1.37. The average Bonchev–Trinajstić information content (AvgIpc) is 3.44. The number of benzene rings is 1. The number of amides is 1. The fourth-order valence-corrected chi connectivity index (χ4v) is 3.27. The number of aromatic nitrogens is 3. The predicted molar refractivity (Wildman–Crippen MR) is 104 cm³/mol. The number of rotatable bonds is 7. The van der Waals surface area contributed by atoms with Crippen LogP contribution in [0.3, 0.4) is 0 Å². The molecule has 7 heteroatoms. The fourth-order valence-electron chi connectivity index (χ4n) is 3.27. The largest absolute Gasteiger partial charge is 0.381 e. The summed E-state index contributed by atoms with van der Waals surface area (Å²) in [6.45, 7) is 2.13. The number of carbonyl (C=O) groups excluding carboxylic acids is 1. The Bertz CT molecular complexity index is 892.